The number of ether oxygens (including phenoxy) is 1. The Morgan fingerprint density at radius 3 is 2.48 bits per heavy atom. The van der Waals surface area contributed by atoms with Crippen LogP contribution in [0.15, 0.2) is 42.5 Å². The maximum atomic E-state index is 12.0. The number of hydrogen-bond acceptors (Lipinski definition) is 5. The van der Waals surface area contributed by atoms with Crippen molar-refractivity contribution >= 4 is 15.7 Å². The first kappa shape index (κ1) is 20.2. The number of piperidine rings is 1. The van der Waals surface area contributed by atoms with Crippen molar-refractivity contribution in [3.05, 3.63) is 48.0 Å². The van der Waals surface area contributed by atoms with Crippen LogP contribution in [0.1, 0.15) is 30.7 Å². The molecule has 1 aliphatic carbocycles. The smallest absolute Gasteiger partial charge is 0.229 e. The van der Waals surface area contributed by atoms with Crippen LogP contribution >= 0.6 is 0 Å². The van der Waals surface area contributed by atoms with Crippen molar-refractivity contribution in [2.45, 2.75) is 37.3 Å². The van der Waals surface area contributed by atoms with Crippen LogP contribution in [0.4, 0.5) is 5.69 Å². The molecule has 0 amide bonds. The second-order valence-corrected chi connectivity index (χ2v) is 9.77. The number of methoxy groups -OCH3 is 1. The lowest BCUT2D eigenvalue weighted by Crippen LogP contribution is -2.41. The molecule has 6 nitrogen and oxygen atoms in total. The quantitative estimate of drug-likeness (QED) is 0.648. The largest absolute Gasteiger partial charge is 0.496 e. The minimum absolute atomic E-state index is 0.285. The lowest BCUT2D eigenvalue weighted by Gasteiger charge is -2.24. The molecule has 1 saturated heterocycles. The van der Waals surface area contributed by atoms with Crippen molar-refractivity contribution in [2.75, 3.05) is 31.2 Å². The SMILES string of the molecule is COc1cc(C2CC2NC2CCNCC2)c(NS(C)(=O)=O)cc1-c1ccccc1. The van der Waals surface area contributed by atoms with Crippen LogP contribution in [0.3, 0.4) is 0 Å². The van der Waals surface area contributed by atoms with Gasteiger partial charge < -0.3 is 15.4 Å². The fourth-order valence-corrected chi connectivity index (χ4v) is 4.79. The standard InChI is InChI=1S/C22H29N3O3S/c1-28-22-14-19(18-13-20(18)24-16-8-10-23-11-9-16)21(25-29(2,26)27)12-17(22)15-6-4-3-5-7-15/h3-7,12,14,16,18,20,23-25H,8-11,13H2,1-2H3. The topological polar surface area (TPSA) is 79.5 Å². The third-order valence-corrected chi connectivity index (χ3v) is 6.32. The molecule has 2 aromatic rings. The summed E-state index contributed by atoms with van der Waals surface area (Å²) in [5.41, 5.74) is 3.52. The number of anilines is 1. The molecule has 2 aromatic carbocycles. The van der Waals surface area contributed by atoms with Gasteiger partial charge in [0.15, 0.2) is 0 Å². The Morgan fingerprint density at radius 1 is 1.10 bits per heavy atom. The second-order valence-electron chi connectivity index (χ2n) is 8.02. The van der Waals surface area contributed by atoms with E-state index >= 15 is 0 Å². The van der Waals surface area contributed by atoms with Crippen LogP contribution < -0.4 is 20.1 Å². The zero-order chi connectivity index (χ0) is 20.4. The van der Waals surface area contributed by atoms with Crippen molar-refractivity contribution in [1.29, 1.82) is 0 Å². The summed E-state index contributed by atoms with van der Waals surface area (Å²) in [5.74, 6) is 1.05. The van der Waals surface area contributed by atoms with E-state index in [4.69, 9.17) is 4.74 Å². The lowest BCUT2D eigenvalue weighted by molar-refractivity contribution is 0.383. The molecule has 3 N–H and O–H groups in total. The molecule has 2 aliphatic rings. The van der Waals surface area contributed by atoms with Gasteiger partial charge in [0.1, 0.15) is 5.75 Å². The summed E-state index contributed by atoms with van der Waals surface area (Å²) in [6, 6.07) is 14.7. The molecule has 7 heteroatoms. The Bertz CT molecular complexity index is 957. The van der Waals surface area contributed by atoms with Gasteiger partial charge in [-0.2, -0.15) is 0 Å². The molecule has 2 unspecified atom stereocenters. The maximum absolute atomic E-state index is 12.0. The molecule has 0 spiro atoms. The first-order valence-electron chi connectivity index (χ1n) is 10.2. The molecular weight excluding hydrogens is 386 g/mol. The van der Waals surface area contributed by atoms with Gasteiger partial charge in [-0.25, -0.2) is 8.42 Å². The van der Waals surface area contributed by atoms with Crippen molar-refractivity contribution in [2.24, 2.45) is 0 Å². The normalized spacial score (nSPS) is 22.3. The van der Waals surface area contributed by atoms with E-state index in [0.717, 1.165) is 54.8 Å². The molecule has 0 radical (unpaired) electrons. The predicted molar refractivity (Wildman–Crippen MR) is 117 cm³/mol. The van der Waals surface area contributed by atoms with Crippen LogP contribution in [-0.2, 0) is 10.0 Å². The number of sulfonamides is 1. The summed E-state index contributed by atoms with van der Waals surface area (Å²) in [6.45, 7) is 2.10. The Hall–Kier alpha value is -2.09. The van der Waals surface area contributed by atoms with E-state index in [2.05, 4.69) is 15.4 Å². The molecule has 1 saturated carbocycles. The van der Waals surface area contributed by atoms with E-state index in [1.54, 1.807) is 7.11 Å². The van der Waals surface area contributed by atoms with Crippen LogP contribution in [-0.4, -0.2) is 47.0 Å². The second kappa shape index (κ2) is 8.34. The summed E-state index contributed by atoms with van der Waals surface area (Å²) >= 11 is 0. The first-order chi connectivity index (χ1) is 13.9. The highest BCUT2D eigenvalue weighted by Gasteiger charge is 2.41. The van der Waals surface area contributed by atoms with Gasteiger partial charge in [0.25, 0.3) is 0 Å². The molecule has 2 atom stereocenters. The molecule has 0 aromatic heterocycles. The Morgan fingerprint density at radius 2 is 1.83 bits per heavy atom. The average Bonchev–Trinajstić information content (AvgIpc) is 3.46. The van der Waals surface area contributed by atoms with Gasteiger partial charge in [0.05, 0.1) is 19.1 Å². The van der Waals surface area contributed by atoms with Gasteiger partial charge >= 0.3 is 0 Å². The van der Waals surface area contributed by atoms with Gasteiger partial charge in [-0.05, 0) is 55.6 Å². The third-order valence-electron chi connectivity index (χ3n) is 5.73. The van der Waals surface area contributed by atoms with E-state index in [9.17, 15) is 8.42 Å². The molecule has 0 bridgehead atoms. The highest BCUT2D eigenvalue weighted by Crippen LogP contribution is 2.48. The molecule has 2 fully saturated rings. The maximum Gasteiger partial charge on any atom is 0.229 e. The number of rotatable bonds is 7. The fraction of sp³-hybridized carbons (Fsp3) is 0.455. The Kier molecular flexibility index (Phi) is 5.81. The molecule has 1 aliphatic heterocycles. The molecule has 1 heterocycles. The van der Waals surface area contributed by atoms with E-state index in [0.29, 0.717) is 17.8 Å². The van der Waals surface area contributed by atoms with Crippen LogP contribution in [0.5, 0.6) is 5.75 Å². The molecule has 29 heavy (non-hydrogen) atoms. The Balaban J connectivity index is 1.65. The summed E-state index contributed by atoms with van der Waals surface area (Å²) in [4.78, 5) is 0. The van der Waals surface area contributed by atoms with Crippen LogP contribution in [0, 0.1) is 0 Å². The average molecular weight is 416 g/mol. The van der Waals surface area contributed by atoms with Gasteiger partial charge in [-0.1, -0.05) is 30.3 Å². The van der Waals surface area contributed by atoms with Crippen molar-refractivity contribution < 1.29 is 13.2 Å². The summed E-state index contributed by atoms with van der Waals surface area (Å²) < 4.78 is 32.5. The highest BCUT2D eigenvalue weighted by atomic mass is 32.2. The minimum Gasteiger partial charge on any atom is -0.496 e. The summed E-state index contributed by atoms with van der Waals surface area (Å²) in [7, 11) is -1.73. The van der Waals surface area contributed by atoms with Crippen molar-refractivity contribution in [3.8, 4) is 16.9 Å². The number of benzene rings is 2. The molecular formula is C22H29N3O3S. The van der Waals surface area contributed by atoms with Crippen molar-refractivity contribution in [1.82, 2.24) is 10.6 Å². The molecule has 4 rings (SSSR count). The summed E-state index contributed by atoms with van der Waals surface area (Å²) in [6.07, 6.45) is 4.47. The summed E-state index contributed by atoms with van der Waals surface area (Å²) in [5, 5.41) is 7.15. The monoisotopic (exact) mass is 415 g/mol. The van der Waals surface area contributed by atoms with Crippen LogP contribution in [0.2, 0.25) is 0 Å². The van der Waals surface area contributed by atoms with E-state index in [1.807, 2.05) is 42.5 Å². The van der Waals surface area contributed by atoms with Crippen molar-refractivity contribution in [3.63, 3.8) is 0 Å². The zero-order valence-electron chi connectivity index (χ0n) is 16.9. The Labute approximate surface area is 173 Å². The molecule has 156 valence electrons. The van der Waals surface area contributed by atoms with Gasteiger partial charge in [-0.15, -0.1) is 0 Å². The van der Waals surface area contributed by atoms with E-state index < -0.39 is 10.0 Å². The number of nitrogens with one attached hydrogen (secondary N) is 3. The number of hydrogen-bond donors (Lipinski definition) is 3. The highest BCUT2D eigenvalue weighted by molar-refractivity contribution is 7.92. The van der Waals surface area contributed by atoms with E-state index in [1.165, 1.54) is 6.26 Å². The van der Waals surface area contributed by atoms with E-state index in [-0.39, 0.29) is 5.92 Å². The third kappa shape index (κ3) is 4.91. The zero-order valence-corrected chi connectivity index (χ0v) is 17.8. The predicted octanol–water partition coefficient (Wildman–Crippen LogP) is 2.93. The van der Waals surface area contributed by atoms with Gasteiger partial charge in [-0.3, -0.25) is 4.72 Å². The van der Waals surface area contributed by atoms with Crippen LogP contribution in [0.25, 0.3) is 11.1 Å². The van der Waals surface area contributed by atoms with Gasteiger partial charge in [0, 0.05) is 23.6 Å². The lowest BCUT2D eigenvalue weighted by atomic mass is 9.98. The first-order valence-corrected chi connectivity index (χ1v) is 12.1. The van der Waals surface area contributed by atoms with Gasteiger partial charge in [0.2, 0.25) is 10.0 Å². The minimum atomic E-state index is -3.39. The fourth-order valence-electron chi connectivity index (χ4n) is 4.22.